The Bertz CT molecular complexity index is 388. The van der Waals surface area contributed by atoms with Gasteiger partial charge in [0.1, 0.15) is 11.6 Å². The van der Waals surface area contributed by atoms with Crippen LogP contribution in [-0.2, 0) is 24.6 Å². The first-order valence-electron chi connectivity index (χ1n) is 4.27. The van der Waals surface area contributed by atoms with Crippen molar-refractivity contribution in [2.75, 3.05) is 5.88 Å². The van der Waals surface area contributed by atoms with Gasteiger partial charge in [-0.1, -0.05) is 0 Å². The van der Waals surface area contributed by atoms with Gasteiger partial charge < -0.3 is 5.32 Å². The van der Waals surface area contributed by atoms with Gasteiger partial charge in [-0.05, 0) is 6.07 Å². The Kier molecular flexibility index (Phi) is 3.79. The Morgan fingerprint density at radius 1 is 1.62 bits per heavy atom. The zero-order valence-corrected chi connectivity index (χ0v) is 9.06. The number of hydrogen-bond acceptors (Lipinski definition) is 2. The highest BCUT2D eigenvalue weighted by Gasteiger charge is 2.34. The van der Waals surface area contributed by atoms with E-state index in [1.54, 1.807) is 0 Å². The Morgan fingerprint density at radius 3 is 2.69 bits per heavy atom. The second-order valence-electron chi connectivity index (χ2n) is 3.05. The van der Waals surface area contributed by atoms with Gasteiger partial charge in [-0.3, -0.25) is 9.48 Å². The molecular formula is C8H9ClF3N3O. The molecule has 0 bridgehead atoms. The molecule has 16 heavy (non-hydrogen) atoms. The minimum atomic E-state index is -4.45. The van der Waals surface area contributed by atoms with Gasteiger partial charge in [0.15, 0.2) is 0 Å². The first kappa shape index (κ1) is 12.8. The van der Waals surface area contributed by atoms with Gasteiger partial charge in [0.2, 0.25) is 5.91 Å². The number of rotatable bonds is 3. The van der Waals surface area contributed by atoms with Crippen molar-refractivity contribution in [2.45, 2.75) is 12.7 Å². The Balaban J connectivity index is 2.74. The fourth-order valence-electron chi connectivity index (χ4n) is 1.11. The van der Waals surface area contributed by atoms with E-state index in [9.17, 15) is 18.0 Å². The van der Waals surface area contributed by atoms with E-state index in [-0.39, 0.29) is 18.1 Å². The summed E-state index contributed by atoms with van der Waals surface area (Å²) >= 11 is 5.21. The second kappa shape index (κ2) is 4.73. The number of aromatic nitrogens is 2. The molecule has 0 fully saturated rings. The molecule has 0 saturated heterocycles. The molecule has 1 amide bonds. The second-order valence-corrected chi connectivity index (χ2v) is 3.32. The van der Waals surface area contributed by atoms with Crippen LogP contribution in [0, 0.1) is 0 Å². The molecule has 4 nitrogen and oxygen atoms in total. The molecule has 0 spiro atoms. The summed E-state index contributed by atoms with van der Waals surface area (Å²) in [5.74, 6) is -0.695. The SMILES string of the molecule is Cn1nc(CNC(=O)CCl)cc1C(F)(F)F. The molecule has 1 aromatic rings. The number of alkyl halides is 4. The molecule has 8 heteroatoms. The minimum Gasteiger partial charge on any atom is -0.349 e. The van der Waals surface area contributed by atoms with Crippen LogP contribution in [-0.4, -0.2) is 21.6 Å². The summed E-state index contributed by atoms with van der Waals surface area (Å²) in [6.07, 6.45) is -4.45. The van der Waals surface area contributed by atoms with E-state index in [1.165, 1.54) is 7.05 Å². The van der Waals surface area contributed by atoms with Crippen molar-refractivity contribution in [3.05, 3.63) is 17.5 Å². The van der Waals surface area contributed by atoms with E-state index in [4.69, 9.17) is 11.6 Å². The minimum absolute atomic E-state index is 0.0739. The Morgan fingerprint density at radius 2 is 2.25 bits per heavy atom. The summed E-state index contributed by atoms with van der Waals surface area (Å²) in [5, 5.41) is 5.95. The van der Waals surface area contributed by atoms with Crippen LogP contribution in [0.2, 0.25) is 0 Å². The van der Waals surface area contributed by atoms with Crippen LogP contribution in [0.1, 0.15) is 11.4 Å². The fourth-order valence-corrected chi connectivity index (χ4v) is 1.21. The number of nitrogens with zero attached hydrogens (tertiary/aromatic N) is 2. The van der Waals surface area contributed by atoms with Gasteiger partial charge in [0.25, 0.3) is 0 Å². The maximum atomic E-state index is 12.4. The highest BCUT2D eigenvalue weighted by atomic mass is 35.5. The molecule has 0 aliphatic carbocycles. The lowest BCUT2D eigenvalue weighted by Crippen LogP contribution is -2.23. The molecular weight excluding hydrogens is 247 g/mol. The summed E-state index contributed by atoms with van der Waals surface area (Å²) < 4.78 is 37.8. The standard InChI is InChI=1S/C8H9ClF3N3O/c1-15-6(8(10,11)12)2-5(14-15)4-13-7(16)3-9/h2H,3-4H2,1H3,(H,13,16). The molecule has 0 aromatic carbocycles. The highest BCUT2D eigenvalue weighted by molar-refractivity contribution is 6.27. The zero-order valence-electron chi connectivity index (χ0n) is 8.31. The summed E-state index contributed by atoms with van der Waals surface area (Å²) in [5.41, 5.74) is -0.726. The molecule has 0 aliphatic rings. The van der Waals surface area contributed by atoms with Crippen molar-refractivity contribution in [3.8, 4) is 0 Å². The number of carbonyl (C=O) groups is 1. The van der Waals surface area contributed by atoms with Crippen LogP contribution >= 0.6 is 11.6 Å². The van der Waals surface area contributed by atoms with Gasteiger partial charge >= 0.3 is 6.18 Å². The maximum absolute atomic E-state index is 12.4. The Hall–Kier alpha value is -1.24. The number of hydrogen-bond donors (Lipinski definition) is 1. The van der Waals surface area contributed by atoms with E-state index in [0.717, 1.165) is 10.7 Å². The van der Waals surface area contributed by atoms with E-state index in [0.29, 0.717) is 0 Å². The summed E-state index contributed by atoms with van der Waals surface area (Å²) in [6, 6.07) is 0.883. The monoisotopic (exact) mass is 255 g/mol. The summed E-state index contributed by atoms with van der Waals surface area (Å²) in [6.45, 7) is -0.0739. The third-order valence-electron chi connectivity index (χ3n) is 1.81. The van der Waals surface area contributed by atoms with Crippen LogP contribution in [0.15, 0.2) is 6.07 Å². The molecule has 1 aromatic heterocycles. The lowest BCUT2D eigenvalue weighted by atomic mass is 10.3. The van der Waals surface area contributed by atoms with Gasteiger partial charge in [0.05, 0.1) is 12.2 Å². The van der Waals surface area contributed by atoms with Crippen molar-refractivity contribution in [3.63, 3.8) is 0 Å². The number of nitrogens with one attached hydrogen (secondary N) is 1. The quantitative estimate of drug-likeness (QED) is 0.828. The van der Waals surface area contributed by atoms with E-state index in [2.05, 4.69) is 10.4 Å². The number of halogens is 4. The van der Waals surface area contributed by atoms with E-state index >= 15 is 0 Å². The third kappa shape index (κ3) is 3.13. The molecule has 0 saturated carbocycles. The zero-order chi connectivity index (χ0) is 12.3. The van der Waals surface area contributed by atoms with Gasteiger partial charge in [-0.25, -0.2) is 0 Å². The van der Waals surface area contributed by atoms with Crippen molar-refractivity contribution < 1.29 is 18.0 Å². The largest absolute Gasteiger partial charge is 0.433 e. The number of aryl methyl sites for hydroxylation is 1. The molecule has 1 N–H and O–H groups in total. The van der Waals surface area contributed by atoms with Crippen molar-refractivity contribution in [2.24, 2.45) is 7.05 Å². The van der Waals surface area contributed by atoms with Crippen LogP contribution in [0.5, 0.6) is 0 Å². The molecule has 0 radical (unpaired) electrons. The van der Waals surface area contributed by atoms with Crippen molar-refractivity contribution in [1.29, 1.82) is 0 Å². The molecule has 0 aliphatic heterocycles. The fraction of sp³-hybridized carbons (Fsp3) is 0.500. The molecule has 1 rings (SSSR count). The lowest BCUT2D eigenvalue weighted by molar-refractivity contribution is -0.143. The lowest BCUT2D eigenvalue weighted by Gasteiger charge is -2.04. The topological polar surface area (TPSA) is 46.9 Å². The van der Waals surface area contributed by atoms with Gasteiger partial charge in [-0.2, -0.15) is 18.3 Å². The molecule has 1 heterocycles. The Labute approximate surface area is 94.4 Å². The smallest absolute Gasteiger partial charge is 0.349 e. The average Bonchev–Trinajstić information content (AvgIpc) is 2.55. The maximum Gasteiger partial charge on any atom is 0.433 e. The van der Waals surface area contributed by atoms with Crippen LogP contribution in [0.25, 0.3) is 0 Å². The van der Waals surface area contributed by atoms with Crippen molar-refractivity contribution >= 4 is 17.5 Å². The van der Waals surface area contributed by atoms with Gasteiger partial charge in [0, 0.05) is 7.05 Å². The predicted molar refractivity (Wildman–Crippen MR) is 50.8 cm³/mol. The van der Waals surface area contributed by atoms with Crippen molar-refractivity contribution in [1.82, 2.24) is 15.1 Å². The normalized spacial score (nSPS) is 11.6. The van der Waals surface area contributed by atoms with E-state index in [1.807, 2.05) is 0 Å². The summed E-state index contributed by atoms with van der Waals surface area (Å²) in [7, 11) is 1.19. The average molecular weight is 256 g/mol. The molecule has 0 unspecified atom stereocenters. The van der Waals surface area contributed by atoms with Gasteiger partial charge in [-0.15, -0.1) is 11.6 Å². The molecule has 90 valence electrons. The number of amides is 1. The first-order chi connectivity index (χ1) is 7.34. The first-order valence-corrected chi connectivity index (χ1v) is 4.81. The van der Waals surface area contributed by atoms with Crippen LogP contribution in [0.3, 0.4) is 0 Å². The third-order valence-corrected chi connectivity index (χ3v) is 2.05. The highest BCUT2D eigenvalue weighted by Crippen LogP contribution is 2.29. The van der Waals surface area contributed by atoms with E-state index < -0.39 is 17.8 Å². The van der Waals surface area contributed by atoms with Crippen LogP contribution in [0.4, 0.5) is 13.2 Å². The number of carbonyl (C=O) groups excluding carboxylic acids is 1. The molecule has 0 atom stereocenters. The summed E-state index contributed by atoms with van der Waals surface area (Å²) in [4.78, 5) is 10.8. The van der Waals surface area contributed by atoms with Crippen LogP contribution < -0.4 is 5.32 Å². The predicted octanol–water partition coefficient (Wildman–Crippen LogP) is 1.29.